The highest BCUT2D eigenvalue weighted by molar-refractivity contribution is 5.79. The largest absolute Gasteiger partial charge is 0.375 e. The second-order valence-corrected chi connectivity index (χ2v) is 7.02. The van der Waals surface area contributed by atoms with Crippen LogP contribution >= 0.6 is 0 Å². The highest BCUT2D eigenvalue weighted by Crippen LogP contribution is 2.26. The standard InChI is InChI=1S/C19H27N3O2/c1-14(2)19(4,13-20)21-18(23)11-22-10-15(3)24-12-17(22)16-8-6-5-7-9-16/h5-9,14-15,17H,10-12H2,1-4H3,(H,21,23)/t15-,17-,19+/m1/s1. The van der Waals surface area contributed by atoms with Crippen LogP contribution < -0.4 is 5.32 Å². The number of nitrogens with zero attached hydrogens (tertiary/aromatic N) is 2. The van der Waals surface area contributed by atoms with Crippen LogP contribution in [0.25, 0.3) is 0 Å². The molecule has 5 nitrogen and oxygen atoms in total. The molecule has 1 fully saturated rings. The van der Waals surface area contributed by atoms with Crippen molar-refractivity contribution in [2.45, 2.75) is 45.4 Å². The summed E-state index contributed by atoms with van der Waals surface area (Å²) in [6.07, 6.45) is 0.0882. The van der Waals surface area contributed by atoms with Gasteiger partial charge in [0.2, 0.25) is 5.91 Å². The Kier molecular flexibility index (Phi) is 5.98. The summed E-state index contributed by atoms with van der Waals surface area (Å²) >= 11 is 0. The molecule has 1 amide bonds. The lowest BCUT2D eigenvalue weighted by Crippen LogP contribution is -2.54. The first-order chi connectivity index (χ1) is 11.4. The van der Waals surface area contributed by atoms with E-state index in [1.54, 1.807) is 6.92 Å². The van der Waals surface area contributed by atoms with Crippen LogP contribution in [0.3, 0.4) is 0 Å². The third kappa shape index (κ3) is 4.34. The van der Waals surface area contributed by atoms with Gasteiger partial charge in [-0.2, -0.15) is 5.26 Å². The molecule has 1 aliphatic rings. The van der Waals surface area contributed by atoms with E-state index < -0.39 is 5.54 Å². The minimum Gasteiger partial charge on any atom is -0.375 e. The second kappa shape index (κ2) is 7.78. The Balaban J connectivity index is 2.09. The molecule has 1 saturated heterocycles. The summed E-state index contributed by atoms with van der Waals surface area (Å²) in [7, 11) is 0. The first-order valence-electron chi connectivity index (χ1n) is 8.48. The van der Waals surface area contributed by atoms with Crippen molar-refractivity contribution in [3.05, 3.63) is 35.9 Å². The van der Waals surface area contributed by atoms with Crippen LogP contribution in [0.2, 0.25) is 0 Å². The average molecular weight is 329 g/mol. The first kappa shape index (κ1) is 18.4. The molecule has 2 rings (SSSR count). The molecule has 0 saturated carbocycles. The average Bonchev–Trinajstić information content (AvgIpc) is 2.55. The van der Waals surface area contributed by atoms with Crippen LogP contribution in [-0.4, -0.2) is 42.1 Å². The van der Waals surface area contributed by atoms with Crippen LogP contribution in [0.4, 0.5) is 0 Å². The van der Waals surface area contributed by atoms with Gasteiger partial charge in [0.1, 0.15) is 5.54 Å². The van der Waals surface area contributed by atoms with E-state index >= 15 is 0 Å². The lowest BCUT2D eigenvalue weighted by Gasteiger charge is -2.39. The molecule has 1 N–H and O–H groups in total. The van der Waals surface area contributed by atoms with E-state index in [4.69, 9.17) is 4.74 Å². The summed E-state index contributed by atoms with van der Waals surface area (Å²) in [4.78, 5) is 14.7. The summed E-state index contributed by atoms with van der Waals surface area (Å²) in [6.45, 7) is 9.18. The van der Waals surface area contributed by atoms with Gasteiger partial charge < -0.3 is 10.1 Å². The molecule has 1 heterocycles. The third-order valence-electron chi connectivity index (χ3n) is 4.79. The van der Waals surface area contributed by atoms with Gasteiger partial charge in [0.05, 0.1) is 31.4 Å². The Morgan fingerprint density at radius 3 is 2.71 bits per heavy atom. The van der Waals surface area contributed by atoms with Gasteiger partial charge in [-0.05, 0) is 25.3 Å². The van der Waals surface area contributed by atoms with E-state index in [1.807, 2.05) is 39.0 Å². The molecule has 0 aromatic heterocycles. The summed E-state index contributed by atoms with van der Waals surface area (Å²) in [6, 6.07) is 12.4. The minimum atomic E-state index is -0.850. The molecule has 0 spiro atoms. The van der Waals surface area contributed by atoms with Crippen molar-refractivity contribution in [1.82, 2.24) is 10.2 Å². The van der Waals surface area contributed by atoms with Crippen LogP contribution in [0.15, 0.2) is 30.3 Å². The number of ether oxygens (including phenoxy) is 1. The Bertz CT molecular complexity index is 596. The fourth-order valence-electron chi connectivity index (χ4n) is 2.84. The number of morpholine rings is 1. The predicted molar refractivity (Wildman–Crippen MR) is 93.2 cm³/mol. The molecule has 5 heteroatoms. The number of nitrogens with one attached hydrogen (secondary N) is 1. The number of benzene rings is 1. The maximum absolute atomic E-state index is 12.5. The molecule has 1 aromatic carbocycles. The number of carbonyl (C=O) groups excluding carboxylic acids is 1. The van der Waals surface area contributed by atoms with Crippen molar-refractivity contribution in [2.75, 3.05) is 19.7 Å². The van der Waals surface area contributed by atoms with E-state index in [2.05, 4.69) is 28.4 Å². The Morgan fingerprint density at radius 2 is 2.12 bits per heavy atom. The molecule has 0 bridgehead atoms. The van der Waals surface area contributed by atoms with Crippen LogP contribution in [0.1, 0.15) is 39.3 Å². The molecular formula is C19H27N3O2. The maximum atomic E-state index is 12.5. The SMILES string of the molecule is CC(C)[C@](C)(C#N)NC(=O)CN1C[C@@H](C)OC[C@@H]1c1ccccc1. The molecule has 1 aromatic rings. The number of nitriles is 1. The van der Waals surface area contributed by atoms with Crippen molar-refractivity contribution in [3.63, 3.8) is 0 Å². The molecule has 3 atom stereocenters. The maximum Gasteiger partial charge on any atom is 0.235 e. The zero-order valence-corrected chi connectivity index (χ0v) is 15.0. The summed E-state index contributed by atoms with van der Waals surface area (Å²) < 4.78 is 5.79. The zero-order valence-electron chi connectivity index (χ0n) is 15.0. The van der Waals surface area contributed by atoms with Gasteiger partial charge in [-0.3, -0.25) is 9.69 Å². The summed E-state index contributed by atoms with van der Waals surface area (Å²) in [5.74, 6) is -0.0808. The second-order valence-electron chi connectivity index (χ2n) is 7.02. The van der Waals surface area contributed by atoms with Crippen molar-refractivity contribution in [2.24, 2.45) is 5.92 Å². The smallest absolute Gasteiger partial charge is 0.235 e. The van der Waals surface area contributed by atoms with Crippen molar-refractivity contribution < 1.29 is 9.53 Å². The lowest BCUT2D eigenvalue weighted by atomic mass is 9.90. The highest BCUT2D eigenvalue weighted by Gasteiger charge is 2.33. The zero-order chi connectivity index (χ0) is 17.7. The Morgan fingerprint density at radius 1 is 1.46 bits per heavy atom. The Labute approximate surface area is 144 Å². The van der Waals surface area contributed by atoms with E-state index in [9.17, 15) is 10.1 Å². The third-order valence-corrected chi connectivity index (χ3v) is 4.79. The highest BCUT2D eigenvalue weighted by atomic mass is 16.5. The minimum absolute atomic E-state index is 0.0417. The van der Waals surface area contributed by atoms with Crippen LogP contribution in [-0.2, 0) is 9.53 Å². The van der Waals surface area contributed by atoms with Gasteiger partial charge in [0.25, 0.3) is 0 Å². The molecule has 130 valence electrons. The predicted octanol–water partition coefficient (Wildman–Crippen LogP) is 2.50. The van der Waals surface area contributed by atoms with E-state index in [0.29, 0.717) is 13.2 Å². The molecule has 24 heavy (non-hydrogen) atoms. The van der Waals surface area contributed by atoms with Crippen molar-refractivity contribution in [3.8, 4) is 6.07 Å². The first-order valence-corrected chi connectivity index (χ1v) is 8.48. The van der Waals surface area contributed by atoms with E-state index in [0.717, 1.165) is 5.56 Å². The van der Waals surface area contributed by atoms with Crippen LogP contribution in [0, 0.1) is 17.2 Å². The summed E-state index contributed by atoms with van der Waals surface area (Å²) in [5, 5.41) is 12.3. The lowest BCUT2D eigenvalue weighted by molar-refractivity contribution is -0.128. The van der Waals surface area contributed by atoms with E-state index in [-0.39, 0.29) is 30.5 Å². The molecule has 0 aliphatic carbocycles. The number of amides is 1. The number of hydrogen-bond acceptors (Lipinski definition) is 4. The quantitative estimate of drug-likeness (QED) is 0.901. The van der Waals surface area contributed by atoms with Crippen molar-refractivity contribution in [1.29, 1.82) is 5.26 Å². The Hall–Kier alpha value is -1.90. The fourth-order valence-corrected chi connectivity index (χ4v) is 2.84. The van der Waals surface area contributed by atoms with Gasteiger partial charge in [0, 0.05) is 6.54 Å². The van der Waals surface area contributed by atoms with Gasteiger partial charge in [-0.25, -0.2) is 0 Å². The number of rotatable bonds is 5. The summed E-state index contributed by atoms with van der Waals surface area (Å²) in [5.41, 5.74) is 0.293. The van der Waals surface area contributed by atoms with Gasteiger partial charge in [-0.15, -0.1) is 0 Å². The molecular weight excluding hydrogens is 302 g/mol. The molecule has 0 radical (unpaired) electrons. The molecule has 0 unspecified atom stereocenters. The number of hydrogen-bond donors (Lipinski definition) is 1. The topological polar surface area (TPSA) is 65.4 Å². The van der Waals surface area contributed by atoms with E-state index in [1.165, 1.54) is 0 Å². The molecule has 1 aliphatic heterocycles. The van der Waals surface area contributed by atoms with Gasteiger partial charge >= 0.3 is 0 Å². The number of carbonyl (C=O) groups is 1. The van der Waals surface area contributed by atoms with Crippen molar-refractivity contribution >= 4 is 5.91 Å². The monoisotopic (exact) mass is 329 g/mol. The normalized spacial score (nSPS) is 24.2. The van der Waals surface area contributed by atoms with Gasteiger partial charge in [-0.1, -0.05) is 44.2 Å². The fraction of sp³-hybridized carbons (Fsp3) is 0.579. The van der Waals surface area contributed by atoms with Gasteiger partial charge in [0.15, 0.2) is 0 Å². The van der Waals surface area contributed by atoms with Crippen LogP contribution in [0.5, 0.6) is 0 Å².